The number of aromatic nitrogens is 1. The van der Waals surface area contributed by atoms with Crippen LogP contribution in [0.2, 0.25) is 0 Å². The van der Waals surface area contributed by atoms with E-state index in [-0.39, 0.29) is 38.8 Å². The van der Waals surface area contributed by atoms with Gasteiger partial charge in [-0.05, 0) is 76.8 Å². The molecule has 5 unspecified atom stereocenters. The number of ether oxygens (including phenoxy) is 3. The van der Waals surface area contributed by atoms with Crippen molar-refractivity contribution in [2.24, 2.45) is 5.92 Å². The molecule has 1 aliphatic carbocycles. The zero-order valence-electron chi connectivity index (χ0n) is 30.2. The molecule has 13 heteroatoms. The highest BCUT2D eigenvalue weighted by molar-refractivity contribution is 6.07. The van der Waals surface area contributed by atoms with Crippen LogP contribution in [0.25, 0.3) is 21.7 Å². The van der Waals surface area contributed by atoms with Crippen LogP contribution in [0.1, 0.15) is 85.5 Å². The van der Waals surface area contributed by atoms with Gasteiger partial charge in [-0.1, -0.05) is 49.2 Å². The standard InChI is InChI=1S/C39H48F2N4O7/c1-5-50-35(48)39-20-18-24(39)22-38(40,41)19-12-6-7-17-30(43-36(49)52-37(2,3)4)34(47)45-23-25(21-31(45)32(46)44-39)51-33-28-15-9-8-13-26(28)27-14-10-11-16-29(27)42-33/h8-11,13-16,24-25,30-31H,5-7,12,17-23H2,1-4H3,(H,43,49)(H,44,46). The van der Waals surface area contributed by atoms with Crippen molar-refractivity contribution < 1.29 is 42.2 Å². The van der Waals surface area contributed by atoms with E-state index in [0.29, 0.717) is 30.7 Å². The van der Waals surface area contributed by atoms with Crippen molar-refractivity contribution in [3.63, 3.8) is 0 Å². The maximum absolute atomic E-state index is 15.4. The van der Waals surface area contributed by atoms with E-state index in [4.69, 9.17) is 19.2 Å². The first-order valence-electron chi connectivity index (χ1n) is 18.3. The molecule has 52 heavy (non-hydrogen) atoms. The molecule has 3 aliphatic rings. The van der Waals surface area contributed by atoms with E-state index in [1.807, 2.05) is 48.5 Å². The summed E-state index contributed by atoms with van der Waals surface area (Å²) in [4.78, 5) is 61.4. The zero-order chi connectivity index (χ0) is 37.3. The van der Waals surface area contributed by atoms with Gasteiger partial charge in [0.25, 0.3) is 0 Å². The summed E-state index contributed by atoms with van der Waals surface area (Å²) in [6.07, 6.45) is -0.940. The second-order valence-corrected chi connectivity index (χ2v) is 15.2. The van der Waals surface area contributed by atoms with Crippen molar-refractivity contribution >= 4 is 45.6 Å². The number of fused-ring (bicyclic) bond motifs is 5. The maximum atomic E-state index is 15.4. The second kappa shape index (κ2) is 14.8. The molecule has 2 N–H and O–H groups in total. The van der Waals surface area contributed by atoms with Crippen LogP contribution in [0.4, 0.5) is 13.6 Å². The van der Waals surface area contributed by atoms with Crippen molar-refractivity contribution in [2.45, 2.75) is 121 Å². The Morgan fingerprint density at radius 3 is 2.38 bits per heavy atom. The van der Waals surface area contributed by atoms with Crippen LogP contribution in [0.15, 0.2) is 48.5 Å². The van der Waals surface area contributed by atoms with Gasteiger partial charge in [0.15, 0.2) is 0 Å². The summed E-state index contributed by atoms with van der Waals surface area (Å²) < 4.78 is 48.1. The lowest BCUT2D eigenvalue weighted by Gasteiger charge is -2.49. The van der Waals surface area contributed by atoms with Gasteiger partial charge < -0.3 is 29.7 Å². The highest BCUT2D eigenvalue weighted by atomic mass is 19.3. The summed E-state index contributed by atoms with van der Waals surface area (Å²) in [5.41, 5.74) is -1.79. The first-order chi connectivity index (χ1) is 24.7. The van der Waals surface area contributed by atoms with Crippen LogP contribution in [0.3, 0.4) is 0 Å². The number of benzene rings is 2. The largest absolute Gasteiger partial charge is 0.472 e. The Labute approximate surface area is 302 Å². The van der Waals surface area contributed by atoms with Gasteiger partial charge in [0.1, 0.15) is 29.3 Å². The number of hydrogen-bond donors (Lipinski definition) is 2. The molecule has 0 spiro atoms. The topological polar surface area (TPSA) is 136 Å². The number of carbonyl (C=O) groups is 4. The number of pyridine rings is 1. The molecule has 3 heterocycles. The number of esters is 1. The summed E-state index contributed by atoms with van der Waals surface area (Å²) >= 11 is 0. The number of amides is 3. The van der Waals surface area contributed by atoms with Gasteiger partial charge in [-0.2, -0.15) is 0 Å². The fraction of sp³-hybridized carbons (Fsp3) is 0.564. The van der Waals surface area contributed by atoms with Crippen molar-refractivity contribution in [1.82, 2.24) is 20.5 Å². The number of nitrogens with zero attached hydrogens (tertiary/aromatic N) is 2. The van der Waals surface area contributed by atoms with Gasteiger partial charge in [0.2, 0.25) is 23.6 Å². The zero-order valence-corrected chi connectivity index (χ0v) is 30.2. The molecular formula is C39H48F2N4O7. The number of rotatable bonds is 5. The first kappa shape index (κ1) is 37.2. The molecule has 280 valence electrons. The summed E-state index contributed by atoms with van der Waals surface area (Å²) in [7, 11) is 0. The third-order valence-electron chi connectivity index (χ3n) is 10.3. The normalized spacial score (nSPS) is 26.9. The van der Waals surface area contributed by atoms with Gasteiger partial charge in [-0.25, -0.2) is 23.4 Å². The number of nitrogens with one attached hydrogen (secondary N) is 2. The predicted octanol–water partition coefficient (Wildman–Crippen LogP) is 6.45. The van der Waals surface area contributed by atoms with E-state index >= 15 is 8.78 Å². The molecule has 5 atom stereocenters. The average molecular weight is 723 g/mol. The summed E-state index contributed by atoms with van der Waals surface area (Å²) in [5.74, 6) is -5.57. The molecule has 1 saturated carbocycles. The number of carbonyl (C=O) groups excluding carboxylic acids is 4. The lowest BCUT2D eigenvalue weighted by Crippen LogP contribution is -2.68. The van der Waals surface area contributed by atoms with Crippen molar-refractivity contribution in [1.29, 1.82) is 0 Å². The monoisotopic (exact) mass is 722 g/mol. The van der Waals surface area contributed by atoms with Gasteiger partial charge in [-0.15, -0.1) is 0 Å². The molecule has 3 fully saturated rings. The molecule has 0 radical (unpaired) electrons. The molecule has 2 saturated heterocycles. The van der Waals surface area contributed by atoms with Crippen LogP contribution in [-0.4, -0.2) is 82.2 Å². The fourth-order valence-electron chi connectivity index (χ4n) is 7.74. The summed E-state index contributed by atoms with van der Waals surface area (Å²) in [5, 5.41) is 8.12. The molecule has 2 aliphatic heterocycles. The van der Waals surface area contributed by atoms with E-state index < -0.39 is 77.9 Å². The lowest BCUT2D eigenvalue weighted by atomic mass is 9.63. The van der Waals surface area contributed by atoms with Gasteiger partial charge in [-0.3, -0.25) is 9.59 Å². The Hall–Kier alpha value is -4.55. The third-order valence-corrected chi connectivity index (χ3v) is 10.3. The minimum Gasteiger partial charge on any atom is -0.472 e. The Morgan fingerprint density at radius 2 is 1.69 bits per heavy atom. The molecule has 1 aromatic heterocycles. The quantitative estimate of drug-likeness (QED) is 0.227. The number of hydrogen-bond acceptors (Lipinski definition) is 8. The van der Waals surface area contributed by atoms with Crippen molar-refractivity contribution in [2.75, 3.05) is 13.2 Å². The third kappa shape index (κ3) is 7.92. The second-order valence-electron chi connectivity index (χ2n) is 15.2. The molecule has 0 bridgehead atoms. The minimum absolute atomic E-state index is 0.00818. The number of alkyl halides is 2. The van der Waals surface area contributed by atoms with Crippen LogP contribution >= 0.6 is 0 Å². The molecular weight excluding hydrogens is 674 g/mol. The highest BCUT2D eigenvalue weighted by Crippen LogP contribution is 2.47. The smallest absolute Gasteiger partial charge is 0.408 e. The van der Waals surface area contributed by atoms with E-state index in [9.17, 15) is 19.2 Å². The van der Waals surface area contributed by atoms with Gasteiger partial charge in [0, 0.05) is 30.0 Å². The maximum Gasteiger partial charge on any atom is 0.408 e. The minimum atomic E-state index is -3.08. The van der Waals surface area contributed by atoms with Crippen molar-refractivity contribution in [3.8, 4) is 5.88 Å². The van der Waals surface area contributed by atoms with E-state index in [0.717, 1.165) is 16.2 Å². The van der Waals surface area contributed by atoms with Gasteiger partial charge in [0.05, 0.1) is 18.7 Å². The van der Waals surface area contributed by atoms with Gasteiger partial charge >= 0.3 is 12.1 Å². The predicted molar refractivity (Wildman–Crippen MR) is 190 cm³/mol. The Balaban J connectivity index is 1.36. The number of alkyl carbamates (subject to hydrolysis) is 1. The van der Waals surface area contributed by atoms with Crippen LogP contribution in [-0.2, 0) is 23.9 Å². The lowest BCUT2D eigenvalue weighted by molar-refractivity contribution is -0.167. The summed E-state index contributed by atoms with van der Waals surface area (Å²) in [6, 6.07) is 13.1. The summed E-state index contributed by atoms with van der Waals surface area (Å²) in [6.45, 7) is 6.70. The fourth-order valence-corrected chi connectivity index (χ4v) is 7.74. The van der Waals surface area contributed by atoms with E-state index in [2.05, 4.69) is 10.6 Å². The van der Waals surface area contributed by atoms with Crippen LogP contribution < -0.4 is 15.4 Å². The number of para-hydroxylation sites is 1. The molecule has 6 rings (SSSR count). The Bertz CT molecular complexity index is 1830. The molecule has 3 amide bonds. The van der Waals surface area contributed by atoms with E-state index in [1.54, 1.807) is 27.7 Å². The SMILES string of the molecule is CCOC(=O)C12CCC1CC(F)(F)CCCCCC(NC(=O)OC(C)(C)C)C(=O)N1CC(Oc3nc4ccccc4c4ccccc34)CC1C(=O)N2. The Morgan fingerprint density at radius 1 is 0.981 bits per heavy atom. The highest BCUT2D eigenvalue weighted by Gasteiger charge is 2.58. The average Bonchev–Trinajstić information content (AvgIpc) is 3.51. The molecule has 3 aromatic rings. The van der Waals surface area contributed by atoms with Crippen molar-refractivity contribution in [3.05, 3.63) is 48.5 Å². The Kier molecular flexibility index (Phi) is 10.6. The number of halogens is 2. The van der Waals surface area contributed by atoms with Crippen LogP contribution in [0, 0.1) is 5.92 Å². The molecule has 2 aromatic carbocycles. The molecule has 11 nitrogen and oxygen atoms in total. The van der Waals surface area contributed by atoms with Crippen LogP contribution in [0.5, 0.6) is 5.88 Å². The first-order valence-corrected chi connectivity index (χ1v) is 18.3. The van der Waals surface area contributed by atoms with E-state index in [1.165, 1.54) is 4.90 Å².